The number of aryl methyl sites for hydroxylation is 1. The Morgan fingerprint density at radius 2 is 2.00 bits per heavy atom. The molecule has 0 radical (unpaired) electrons. The van der Waals surface area contributed by atoms with E-state index in [1.54, 1.807) is 10.9 Å². The van der Waals surface area contributed by atoms with Gasteiger partial charge >= 0.3 is 0 Å². The van der Waals surface area contributed by atoms with E-state index in [-0.39, 0.29) is 17.6 Å². The van der Waals surface area contributed by atoms with Crippen molar-refractivity contribution in [3.63, 3.8) is 0 Å². The number of rotatable bonds is 5. The quantitative estimate of drug-likeness (QED) is 0.598. The van der Waals surface area contributed by atoms with Gasteiger partial charge in [0.25, 0.3) is 11.9 Å². The number of benzene rings is 1. The molecule has 1 amide bonds. The molecular weight excluding hydrogens is 380 g/mol. The number of primary amides is 1. The van der Waals surface area contributed by atoms with Gasteiger partial charge in [-0.3, -0.25) is 9.48 Å². The van der Waals surface area contributed by atoms with Crippen LogP contribution < -0.4 is 16.8 Å². The van der Waals surface area contributed by atoms with Crippen LogP contribution in [0.25, 0.3) is 11.1 Å². The Bertz CT molecular complexity index is 1090. The van der Waals surface area contributed by atoms with E-state index in [1.165, 1.54) is 6.20 Å². The van der Waals surface area contributed by atoms with Gasteiger partial charge in [-0.25, -0.2) is 9.98 Å². The van der Waals surface area contributed by atoms with Crippen molar-refractivity contribution >= 4 is 29.1 Å². The predicted molar refractivity (Wildman–Crippen MR) is 116 cm³/mol. The normalized spacial score (nSPS) is 17.8. The van der Waals surface area contributed by atoms with E-state index < -0.39 is 5.91 Å². The number of hydrogen-bond donors (Lipinski definition) is 3. The van der Waals surface area contributed by atoms with Gasteiger partial charge in [0.1, 0.15) is 11.4 Å². The third-order valence-corrected chi connectivity index (χ3v) is 5.10. The first-order chi connectivity index (χ1) is 14.5. The van der Waals surface area contributed by atoms with Gasteiger partial charge in [0.2, 0.25) is 0 Å². The van der Waals surface area contributed by atoms with Gasteiger partial charge in [0.15, 0.2) is 0 Å². The van der Waals surface area contributed by atoms with E-state index in [0.717, 1.165) is 48.2 Å². The molecule has 1 atom stereocenters. The van der Waals surface area contributed by atoms with Gasteiger partial charge in [-0.15, -0.1) is 0 Å². The van der Waals surface area contributed by atoms with Crippen molar-refractivity contribution in [2.24, 2.45) is 23.5 Å². The van der Waals surface area contributed by atoms with Gasteiger partial charge in [-0.2, -0.15) is 10.1 Å². The second-order valence-corrected chi connectivity index (χ2v) is 7.36. The van der Waals surface area contributed by atoms with Crippen molar-refractivity contribution < 1.29 is 4.79 Å². The Morgan fingerprint density at radius 1 is 1.20 bits per heavy atom. The van der Waals surface area contributed by atoms with Gasteiger partial charge in [0.05, 0.1) is 6.20 Å². The Morgan fingerprint density at radius 3 is 2.67 bits per heavy atom. The van der Waals surface area contributed by atoms with Crippen molar-refractivity contribution in [2.45, 2.75) is 31.7 Å². The molecular formula is C21H24N8O. The monoisotopic (exact) mass is 404 g/mol. The molecule has 1 saturated carbocycles. The maximum absolute atomic E-state index is 11.8. The molecule has 30 heavy (non-hydrogen) atoms. The average Bonchev–Trinajstić information content (AvgIpc) is 3.17. The highest BCUT2D eigenvalue weighted by molar-refractivity contribution is 5.98. The number of nitrogens with two attached hydrogens (primary N) is 2. The maximum Gasteiger partial charge on any atom is 0.254 e. The number of carbonyl (C=O) groups is 1. The molecule has 0 unspecified atom stereocenters. The minimum Gasteiger partial charge on any atom is -0.365 e. The van der Waals surface area contributed by atoms with Crippen LogP contribution in [0.3, 0.4) is 0 Å². The fourth-order valence-corrected chi connectivity index (χ4v) is 3.44. The van der Waals surface area contributed by atoms with Crippen molar-refractivity contribution in [3.8, 4) is 11.1 Å². The number of hydrogen-bond acceptors (Lipinski definition) is 7. The van der Waals surface area contributed by atoms with Crippen LogP contribution >= 0.6 is 0 Å². The van der Waals surface area contributed by atoms with Gasteiger partial charge in [-0.1, -0.05) is 18.6 Å². The molecule has 154 valence electrons. The average molecular weight is 404 g/mol. The van der Waals surface area contributed by atoms with E-state index in [4.69, 9.17) is 11.5 Å². The van der Waals surface area contributed by atoms with Crippen LogP contribution in [0.1, 0.15) is 36.0 Å². The smallest absolute Gasteiger partial charge is 0.254 e. The lowest BCUT2D eigenvalue weighted by Gasteiger charge is -2.19. The minimum atomic E-state index is -0.613. The zero-order valence-electron chi connectivity index (χ0n) is 16.7. The van der Waals surface area contributed by atoms with Gasteiger partial charge in [-0.05, 0) is 37.0 Å². The topological polar surface area (TPSA) is 137 Å². The van der Waals surface area contributed by atoms with Crippen LogP contribution in [0.4, 0.5) is 17.5 Å². The zero-order chi connectivity index (χ0) is 21.1. The molecule has 1 aliphatic rings. The summed E-state index contributed by atoms with van der Waals surface area (Å²) in [5, 5.41) is 7.34. The third kappa shape index (κ3) is 4.36. The number of amides is 1. The SMILES string of the molecule is Cn1cc(-c2ccc(Nc3nc(N=C4CCCC[C@@H]4N)ncc3C(N)=O)cc2)cn1. The first-order valence-electron chi connectivity index (χ1n) is 9.85. The highest BCUT2D eigenvalue weighted by atomic mass is 16.1. The summed E-state index contributed by atoms with van der Waals surface area (Å²) in [5.74, 6) is -0.0322. The molecule has 1 aliphatic carbocycles. The van der Waals surface area contributed by atoms with Crippen LogP contribution in [0.15, 0.2) is 47.8 Å². The van der Waals surface area contributed by atoms with E-state index in [9.17, 15) is 4.79 Å². The second kappa shape index (κ2) is 8.42. The van der Waals surface area contributed by atoms with Crippen LogP contribution in [-0.2, 0) is 7.05 Å². The molecule has 4 rings (SSSR count). The molecule has 1 aromatic carbocycles. The number of anilines is 2. The Balaban J connectivity index is 1.60. The Labute approximate surface area is 174 Å². The van der Waals surface area contributed by atoms with E-state index in [1.807, 2.05) is 37.5 Å². The van der Waals surface area contributed by atoms with Crippen molar-refractivity contribution in [3.05, 3.63) is 48.4 Å². The van der Waals surface area contributed by atoms with Crippen LogP contribution in [0.2, 0.25) is 0 Å². The fourth-order valence-electron chi connectivity index (χ4n) is 3.44. The summed E-state index contributed by atoms with van der Waals surface area (Å²) in [4.78, 5) is 25.0. The summed E-state index contributed by atoms with van der Waals surface area (Å²) < 4.78 is 1.75. The first-order valence-corrected chi connectivity index (χ1v) is 9.85. The van der Waals surface area contributed by atoms with Crippen molar-refractivity contribution in [1.29, 1.82) is 0 Å². The lowest BCUT2D eigenvalue weighted by atomic mass is 9.94. The third-order valence-electron chi connectivity index (χ3n) is 5.10. The van der Waals surface area contributed by atoms with Crippen LogP contribution in [-0.4, -0.2) is 37.4 Å². The summed E-state index contributed by atoms with van der Waals surface area (Å²) in [6.45, 7) is 0. The maximum atomic E-state index is 11.8. The van der Waals surface area contributed by atoms with E-state index in [0.29, 0.717) is 5.82 Å². The molecule has 0 bridgehead atoms. The molecule has 9 heteroatoms. The number of aliphatic imine (C=N–C) groups is 1. The molecule has 9 nitrogen and oxygen atoms in total. The number of aromatic nitrogens is 4. The lowest BCUT2D eigenvalue weighted by Crippen LogP contribution is -2.33. The predicted octanol–water partition coefficient (Wildman–Crippen LogP) is 2.69. The fraction of sp³-hybridized carbons (Fsp3) is 0.286. The van der Waals surface area contributed by atoms with E-state index >= 15 is 0 Å². The summed E-state index contributed by atoms with van der Waals surface area (Å²) in [6, 6.07) is 7.66. The molecule has 1 fully saturated rings. The molecule has 0 aliphatic heterocycles. The number of nitrogens with one attached hydrogen (secondary N) is 1. The highest BCUT2D eigenvalue weighted by Crippen LogP contribution is 2.25. The molecule has 2 heterocycles. The first kappa shape index (κ1) is 19.7. The second-order valence-electron chi connectivity index (χ2n) is 7.36. The Hall–Kier alpha value is -3.59. The molecule has 3 aromatic rings. The highest BCUT2D eigenvalue weighted by Gasteiger charge is 2.18. The van der Waals surface area contributed by atoms with E-state index in [2.05, 4.69) is 25.4 Å². The lowest BCUT2D eigenvalue weighted by molar-refractivity contribution is 0.100. The van der Waals surface area contributed by atoms with Crippen molar-refractivity contribution in [1.82, 2.24) is 19.7 Å². The zero-order valence-corrected chi connectivity index (χ0v) is 16.7. The summed E-state index contributed by atoms with van der Waals surface area (Å²) >= 11 is 0. The van der Waals surface area contributed by atoms with Crippen LogP contribution in [0.5, 0.6) is 0 Å². The molecule has 0 spiro atoms. The summed E-state index contributed by atoms with van der Waals surface area (Å²) in [7, 11) is 1.88. The summed E-state index contributed by atoms with van der Waals surface area (Å²) in [6.07, 6.45) is 9.05. The summed E-state index contributed by atoms with van der Waals surface area (Å²) in [5.41, 5.74) is 15.5. The van der Waals surface area contributed by atoms with Gasteiger partial charge < -0.3 is 16.8 Å². The molecule has 2 aromatic heterocycles. The van der Waals surface area contributed by atoms with Crippen LogP contribution in [0, 0.1) is 0 Å². The standard InChI is InChI=1S/C21H24N8O/c1-29-12-14(10-25-29)13-6-8-15(9-7-13)26-20-16(19(23)30)11-24-21(28-20)27-18-5-3-2-4-17(18)22/h6-12,17H,2-5,22H2,1H3,(H2,23,30)(H,24,26,28)/t17-/m0/s1. The van der Waals surface area contributed by atoms with Gasteiger partial charge in [0, 0.05) is 42.4 Å². The molecule has 0 saturated heterocycles. The number of nitrogens with zero attached hydrogens (tertiary/aromatic N) is 5. The Kier molecular flexibility index (Phi) is 5.53. The molecule has 5 N–H and O–H groups in total. The minimum absolute atomic E-state index is 0.0744. The van der Waals surface area contributed by atoms with Crippen molar-refractivity contribution in [2.75, 3.05) is 5.32 Å². The largest absolute Gasteiger partial charge is 0.365 e. The number of carbonyl (C=O) groups excluding carboxylic acids is 1.